The first-order chi connectivity index (χ1) is 9.05. The van der Waals surface area contributed by atoms with Crippen LogP contribution in [-0.4, -0.2) is 56.2 Å². The number of carbonyl (C=O) groups is 3. The van der Waals surface area contributed by atoms with Crippen LogP contribution in [0.5, 0.6) is 0 Å². The second-order valence-corrected chi connectivity index (χ2v) is 4.92. The Morgan fingerprint density at radius 2 is 2.00 bits per heavy atom. The van der Waals surface area contributed by atoms with Crippen molar-refractivity contribution in [3.05, 3.63) is 0 Å². The van der Waals surface area contributed by atoms with Gasteiger partial charge in [-0.15, -0.1) is 0 Å². The smallest absolute Gasteiger partial charge is 0.330 e. The fraction of sp³-hybridized carbons (Fsp3) is 0.750. The third-order valence-corrected chi connectivity index (χ3v) is 3.83. The molecule has 2 rings (SSSR count). The van der Waals surface area contributed by atoms with Gasteiger partial charge >= 0.3 is 6.03 Å². The predicted octanol–water partition coefficient (Wildman–Crippen LogP) is -0.103. The van der Waals surface area contributed by atoms with Crippen molar-refractivity contribution in [2.24, 2.45) is 5.41 Å². The summed E-state index contributed by atoms with van der Waals surface area (Å²) in [5.41, 5.74) is -1.03. The van der Waals surface area contributed by atoms with Crippen LogP contribution < -0.4 is 5.32 Å². The van der Waals surface area contributed by atoms with Gasteiger partial charge in [-0.3, -0.25) is 19.8 Å². The van der Waals surface area contributed by atoms with E-state index in [2.05, 4.69) is 5.32 Å². The lowest BCUT2D eigenvalue weighted by Gasteiger charge is -2.45. The molecule has 106 valence electrons. The number of barbiturate groups is 1. The molecule has 2 fully saturated rings. The molecule has 1 aliphatic heterocycles. The van der Waals surface area contributed by atoms with Crippen LogP contribution in [0.2, 0.25) is 0 Å². The number of hydrogen-bond donors (Lipinski definition) is 1. The Bertz CT molecular complexity index is 405. The molecule has 7 heteroatoms. The molecule has 2 aliphatic rings. The monoisotopic (exact) mass is 270 g/mol. The number of amides is 4. The van der Waals surface area contributed by atoms with E-state index in [0.29, 0.717) is 12.8 Å². The molecule has 0 aromatic rings. The van der Waals surface area contributed by atoms with Gasteiger partial charge in [0.25, 0.3) is 0 Å². The zero-order valence-corrected chi connectivity index (χ0v) is 11.1. The number of urea groups is 1. The largest absolute Gasteiger partial charge is 0.382 e. The normalized spacial score (nSPS) is 23.3. The molecule has 1 saturated heterocycles. The molecule has 0 bridgehead atoms. The number of hydrogen-bond acceptors (Lipinski definition) is 5. The van der Waals surface area contributed by atoms with E-state index in [1.165, 1.54) is 14.2 Å². The van der Waals surface area contributed by atoms with Gasteiger partial charge in [-0.05, 0) is 12.8 Å². The van der Waals surface area contributed by atoms with Gasteiger partial charge in [0, 0.05) is 14.2 Å². The molecule has 1 N–H and O–H groups in total. The minimum Gasteiger partial charge on any atom is -0.382 e. The van der Waals surface area contributed by atoms with Crippen LogP contribution in [0.4, 0.5) is 4.79 Å². The molecule has 0 aromatic carbocycles. The Balaban J connectivity index is 2.12. The van der Waals surface area contributed by atoms with Crippen molar-refractivity contribution in [2.75, 3.05) is 27.4 Å². The van der Waals surface area contributed by atoms with Crippen LogP contribution in [0.15, 0.2) is 0 Å². The predicted molar refractivity (Wildman–Crippen MR) is 64.2 cm³/mol. The van der Waals surface area contributed by atoms with E-state index in [4.69, 9.17) is 9.47 Å². The highest BCUT2D eigenvalue weighted by molar-refractivity contribution is 6.19. The van der Waals surface area contributed by atoms with Crippen molar-refractivity contribution in [3.63, 3.8) is 0 Å². The molecule has 1 heterocycles. The lowest BCUT2D eigenvalue weighted by molar-refractivity contribution is -0.159. The van der Waals surface area contributed by atoms with E-state index >= 15 is 0 Å². The molecule has 1 atom stereocenters. The number of methoxy groups -OCH3 is 2. The highest BCUT2D eigenvalue weighted by Gasteiger charge is 2.57. The van der Waals surface area contributed by atoms with Gasteiger partial charge < -0.3 is 9.47 Å². The zero-order valence-electron chi connectivity index (χ0n) is 11.1. The number of rotatable bonds is 5. The van der Waals surface area contributed by atoms with Crippen molar-refractivity contribution in [3.8, 4) is 0 Å². The fourth-order valence-corrected chi connectivity index (χ4v) is 2.45. The highest BCUT2D eigenvalue weighted by Crippen LogP contribution is 2.44. The maximum absolute atomic E-state index is 12.4. The number of nitrogens with zero attached hydrogens (tertiary/aromatic N) is 1. The molecule has 1 unspecified atom stereocenters. The van der Waals surface area contributed by atoms with Crippen LogP contribution >= 0.6 is 0 Å². The maximum Gasteiger partial charge on any atom is 0.330 e. The number of ether oxygens (including phenoxy) is 2. The molecule has 0 aromatic heterocycles. The van der Waals surface area contributed by atoms with E-state index in [9.17, 15) is 14.4 Å². The van der Waals surface area contributed by atoms with E-state index in [1.807, 2.05) is 0 Å². The van der Waals surface area contributed by atoms with E-state index in [-0.39, 0.29) is 13.2 Å². The molecule has 4 amide bonds. The van der Waals surface area contributed by atoms with Gasteiger partial charge in [0.15, 0.2) is 0 Å². The Labute approximate surface area is 111 Å². The average Bonchev–Trinajstić information content (AvgIpc) is 2.31. The van der Waals surface area contributed by atoms with Gasteiger partial charge in [0.1, 0.15) is 5.41 Å². The summed E-state index contributed by atoms with van der Waals surface area (Å²) in [5, 5.41) is 2.25. The van der Waals surface area contributed by atoms with Crippen LogP contribution in [-0.2, 0) is 19.1 Å². The van der Waals surface area contributed by atoms with Crippen LogP contribution in [0.25, 0.3) is 0 Å². The fourth-order valence-electron chi connectivity index (χ4n) is 2.45. The molecule has 19 heavy (non-hydrogen) atoms. The first kappa shape index (κ1) is 14.0. The van der Waals surface area contributed by atoms with E-state index < -0.39 is 29.4 Å². The number of carbonyl (C=O) groups excluding carboxylic acids is 3. The summed E-state index contributed by atoms with van der Waals surface area (Å²) in [6.07, 6.45) is 1.43. The molecule has 1 spiro atoms. The summed E-state index contributed by atoms with van der Waals surface area (Å²) < 4.78 is 10.1. The van der Waals surface area contributed by atoms with Crippen molar-refractivity contribution in [1.82, 2.24) is 10.2 Å². The lowest BCUT2D eigenvalue weighted by atomic mass is 9.66. The van der Waals surface area contributed by atoms with Crippen molar-refractivity contribution < 1.29 is 23.9 Å². The van der Waals surface area contributed by atoms with Crippen molar-refractivity contribution >= 4 is 17.8 Å². The van der Waals surface area contributed by atoms with Gasteiger partial charge in [0.05, 0.1) is 19.3 Å². The minimum absolute atomic E-state index is 0.0873. The lowest BCUT2D eigenvalue weighted by Crippen LogP contribution is -2.67. The third kappa shape index (κ3) is 2.23. The molecule has 1 aliphatic carbocycles. The van der Waals surface area contributed by atoms with Crippen LogP contribution in [0.1, 0.15) is 19.3 Å². The summed E-state index contributed by atoms with van der Waals surface area (Å²) in [6.45, 7) is 0.360. The van der Waals surface area contributed by atoms with Crippen molar-refractivity contribution in [2.45, 2.75) is 25.4 Å². The van der Waals surface area contributed by atoms with Gasteiger partial charge in [-0.2, -0.15) is 0 Å². The summed E-state index contributed by atoms with van der Waals surface area (Å²) in [5.74, 6) is -0.878. The number of imide groups is 2. The minimum atomic E-state index is -1.03. The van der Waals surface area contributed by atoms with E-state index in [1.54, 1.807) is 0 Å². The first-order valence-electron chi connectivity index (χ1n) is 6.24. The summed E-state index contributed by atoms with van der Waals surface area (Å²) in [4.78, 5) is 37.0. The van der Waals surface area contributed by atoms with Gasteiger partial charge in [0.2, 0.25) is 11.8 Å². The second-order valence-electron chi connectivity index (χ2n) is 4.92. The molecular weight excluding hydrogens is 252 g/mol. The Hall–Kier alpha value is -1.47. The standard InChI is InChI=1S/C12H18N2O5/c1-18-7-8(19-2)6-14-10(16)12(4-3-5-12)9(15)13-11(14)17/h8H,3-7H2,1-2H3,(H,13,15,17). The average molecular weight is 270 g/mol. The van der Waals surface area contributed by atoms with Crippen LogP contribution in [0, 0.1) is 5.41 Å². The van der Waals surface area contributed by atoms with Crippen molar-refractivity contribution in [1.29, 1.82) is 0 Å². The molecule has 1 saturated carbocycles. The Morgan fingerprint density at radius 1 is 1.32 bits per heavy atom. The molecular formula is C12H18N2O5. The molecule has 7 nitrogen and oxygen atoms in total. The highest BCUT2D eigenvalue weighted by atomic mass is 16.5. The maximum atomic E-state index is 12.4. The van der Waals surface area contributed by atoms with E-state index in [0.717, 1.165) is 11.3 Å². The summed E-state index contributed by atoms with van der Waals surface area (Å²) >= 11 is 0. The summed E-state index contributed by atoms with van der Waals surface area (Å²) in [6, 6.07) is -0.675. The number of nitrogens with one attached hydrogen (secondary N) is 1. The second kappa shape index (κ2) is 5.26. The topological polar surface area (TPSA) is 84.9 Å². The SMILES string of the molecule is COCC(CN1C(=O)NC(=O)C2(CCC2)C1=O)OC. The summed E-state index contributed by atoms with van der Waals surface area (Å²) in [7, 11) is 3.00. The molecule has 0 radical (unpaired) electrons. The third-order valence-electron chi connectivity index (χ3n) is 3.83. The zero-order chi connectivity index (χ0) is 14.0. The Morgan fingerprint density at radius 3 is 2.47 bits per heavy atom. The van der Waals surface area contributed by atoms with Gasteiger partial charge in [-0.25, -0.2) is 4.79 Å². The van der Waals surface area contributed by atoms with Crippen LogP contribution in [0.3, 0.4) is 0 Å². The quantitative estimate of drug-likeness (QED) is 0.705. The first-order valence-corrected chi connectivity index (χ1v) is 6.24. The van der Waals surface area contributed by atoms with Gasteiger partial charge in [-0.1, -0.05) is 6.42 Å². The Kier molecular flexibility index (Phi) is 3.86.